The molecule has 0 aromatic rings. The lowest BCUT2D eigenvalue weighted by atomic mass is 9.93. The molecule has 0 heterocycles. The van der Waals surface area contributed by atoms with Gasteiger partial charge in [-0.05, 0) is 0 Å². The Labute approximate surface area is 160 Å². The third-order valence-corrected chi connectivity index (χ3v) is 4.44. The highest BCUT2D eigenvalue weighted by molar-refractivity contribution is 7.50. The van der Waals surface area contributed by atoms with Crippen LogP contribution in [0.2, 0.25) is 0 Å². The first-order valence-electron chi connectivity index (χ1n) is 7.10. The van der Waals surface area contributed by atoms with E-state index in [1.54, 1.807) is 0 Å². The number of nitrogens with one attached hydrogen (secondary N) is 1. The van der Waals surface area contributed by atoms with Gasteiger partial charge in [-0.2, -0.15) is 0 Å². The molecule has 17 heteroatoms. The van der Waals surface area contributed by atoms with Crippen molar-refractivity contribution in [1.82, 2.24) is 5.09 Å². The highest BCUT2D eigenvalue weighted by Crippen LogP contribution is 2.46. The number of hydrogen-bond donors (Lipinski definition) is 6. The van der Waals surface area contributed by atoms with Gasteiger partial charge in [0.05, 0.1) is 12.8 Å². The van der Waals surface area contributed by atoms with E-state index in [0.29, 0.717) is 0 Å². The Balaban J connectivity index is 6.12. The van der Waals surface area contributed by atoms with Gasteiger partial charge in [-0.15, -0.1) is 0 Å². The van der Waals surface area contributed by atoms with Gasteiger partial charge in [0.2, 0.25) is 5.60 Å². The third kappa shape index (κ3) is 7.82. The number of aliphatic carboxylic acids is 4. The molecule has 0 amide bonds. The van der Waals surface area contributed by atoms with E-state index in [1.807, 2.05) is 0 Å². The van der Waals surface area contributed by atoms with Crippen LogP contribution in [-0.2, 0) is 47.3 Å². The normalized spacial score (nSPS) is 13.6. The van der Waals surface area contributed by atoms with Crippen LogP contribution in [0.15, 0.2) is 0 Å². The van der Waals surface area contributed by atoms with E-state index in [9.17, 15) is 48.4 Å². The first kappa shape index (κ1) is 25.9. The van der Waals surface area contributed by atoms with Crippen molar-refractivity contribution < 1.29 is 72.6 Å². The Morgan fingerprint density at radius 3 is 1.55 bits per heavy atom. The topological polar surface area (TPSA) is 260 Å². The number of ether oxygens (including phenoxy) is 2. The zero-order chi connectivity index (χ0) is 22.9. The molecule has 0 rings (SSSR count). The summed E-state index contributed by atoms with van der Waals surface area (Å²) in [6.45, 7) is -3.17. The number of carbonyl (C=O) groups excluding carboxylic acids is 2. The van der Waals surface area contributed by atoms with Crippen molar-refractivity contribution in [2.45, 2.75) is 24.0 Å². The molecule has 0 spiro atoms. The molecular weight excluding hydrogens is 429 g/mol. The second kappa shape index (κ2) is 10.5. The molecule has 0 aromatic carbocycles. The van der Waals surface area contributed by atoms with Gasteiger partial charge in [0, 0.05) is 0 Å². The smallest absolute Gasteiger partial charge is 0.405 e. The van der Waals surface area contributed by atoms with Crippen molar-refractivity contribution >= 4 is 44.6 Å². The molecule has 0 aliphatic carbocycles. The highest BCUT2D eigenvalue weighted by atomic mass is 31.2. The molecule has 0 aliphatic heterocycles. The molecular formula is C12H16NO15P. The maximum absolute atomic E-state index is 12.4. The Bertz CT molecular complexity index is 690. The molecule has 0 saturated heterocycles. The molecule has 6 N–H and O–H groups in total. The Hall–Kier alpha value is -3.07. The van der Waals surface area contributed by atoms with Gasteiger partial charge in [0.25, 0.3) is 12.9 Å². The largest absolute Gasteiger partial charge is 0.481 e. The minimum Gasteiger partial charge on any atom is -0.481 e. The number of carboxylic acids is 4. The zero-order valence-corrected chi connectivity index (χ0v) is 15.1. The minimum atomic E-state index is -5.67. The zero-order valence-electron chi connectivity index (χ0n) is 14.2. The summed E-state index contributed by atoms with van der Waals surface area (Å²) in [6.07, 6.45) is -3.06. The fourth-order valence-corrected chi connectivity index (χ4v) is 3.48. The maximum atomic E-state index is 12.4. The summed E-state index contributed by atoms with van der Waals surface area (Å²) in [6, 6.07) is 0. The predicted molar refractivity (Wildman–Crippen MR) is 83.3 cm³/mol. The fraction of sp³-hybridized carbons (Fsp3) is 0.500. The van der Waals surface area contributed by atoms with Crippen LogP contribution in [-0.4, -0.2) is 86.5 Å². The second-order valence-corrected chi connectivity index (χ2v) is 6.81. The summed E-state index contributed by atoms with van der Waals surface area (Å²) < 4.78 is 25.1. The summed E-state index contributed by atoms with van der Waals surface area (Å²) in [5.74, 6) is -8.07. The first-order chi connectivity index (χ1) is 13.3. The molecule has 0 saturated carbocycles. The molecule has 0 aliphatic rings. The van der Waals surface area contributed by atoms with Crippen LogP contribution in [0.1, 0.15) is 12.8 Å². The number of carbonyl (C=O) groups is 6. The van der Waals surface area contributed by atoms with Gasteiger partial charge in [0.15, 0.2) is 0 Å². The highest BCUT2D eigenvalue weighted by Gasteiger charge is 2.53. The lowest BCUT2D eigenvalue weighted by molar-refractivity contribution is -0.172. The standard InChI is InChI=1S/C12H16NO15P/c14-5-26-3-12(10(22)23,4-27-6-15)28-29(24,25)13-11(9(20)21,1-7(16)17)2-8(18)19/h5-6H,1-4H2,(H,16,17)(H,18,19)(H,20,21)(H,22,23)(H2,13,24,25). The van der Waals surface area contributed by atoms with Gasteiger partial charge in [0.1, 0.15) is 18.8 Å². The van der Waals surface area contributed by atoms with Gasteiger partial charge >= 0.3 is 31.6 Å². The van der Waals surface area contributed by atoms with Gasteiger partial charge in [-0.25, -0.2) is 14.4 Å². The maximum Gasteiger partial charge on any atom is 0.405 e. The van der Waals surface area contributed by atoms with Crippen LogP contribution in [0.5, 0.6) is 0 Å². The van der Waals surface area contributed by atoms with E-state index in [1.165, 1.54) is 5.09 Å². The number of rotatable bonds is 16. The van der Waals surface area contributed by atoms with Crippen LogP contribution >= 0.6 is 7.75 Å². The quantitative estimate of drug-likeness (QED) is 0.107. The van der Waals surface area contributed by atoms with Crippen LogP contribution in [0.25, 0.3) is 0 Å². The molecule has 1 atom stereocenters. The average molecular weight is 445 g/mol. The SMILES string of the molecule is O=COCC(COC=O)(OP(=O)(O)NC(CC(=O)O)(CC(=O)O)C(=O)O)C(=O)O. The number of carboxylic acid groups (broad SMARTS) is 4. The summed E-state index contributed by atoms with van der Waals surface area (Å²) in [5.41, 5.74) is -6.14. The lowest BCUT2D eigenvalue weighted by Gasteiger charge is -2.33. The summed E-state index contributed by atoms with van der Waals surface area (Å²) >= 11 is 0. The molecule has 0 fully saturated rings. The van der Waals surface area contributed by atoms with Gasteiger partial charge in [-0.1, -0.05) is 0 Å². The van der Waals surface area contributed by atoms with E-state index in [2.05, 4.69) is 14.0 Å². The van der Waals surface area contributed by atoms with Crippen LogP contribution in [0.3, 0.4) is 0 Å². The van der Waals surface area contributed by atoms with Crippen molar-refractivity contribution in [3.63, 3.8) is 0 Å². The summed E-state index contributed by atoms with van der Waals surface area (Å²) in [7, 11) is -5.67. The molecule has 0 bridgehead atoms. The predicted octanol–water partition coefficient (Wildman–Crippen LogP) is -2.36. The molecule has 164 valence electrons. The summed E-state index contributed by atoms with van der Waals surface area (Å²) in [5, 5.41) is 37.5. The van der Waals surface area contributed by atoms with Crippen molar-refractivity contribution in [3.8, 4) is 0 Å². The van der Waals surface area contributed by atoms with Gasteiger partial charge in [-0.3, -0.25) is 28.5 Å². The lowest BCUT2D eigenvalue weighted by Crippen LogP contribution is -2.56. The molecule has 0 radical (unpaired) electrons. The third-order valence-electron chi connectivity index (χ3n) is 3.13. The van der Waals surface area contributed by atoms with Gasteiger partial charge < -0.3 is 34.8 Å². The van der Waals surface area contributed by atoms with E-state index < -0.39 is 68.8 Å². The van der Waals surface area contributed by atoms with E-state index in [0.717, 1.165) is 0 Å². The van der Waals surface area contributed by atoms with Crippen molar-refractivity contribution in [2.75, 3.05) is 13.2 Å². The monoisotopic (exact) mass is 445 g/mol. The molecule has 29 heavy (non-hydrogen) atoms. The average Bonchev–Trinajstić information content (AvgIpc) is 2.55. The molecule has 1 unspecified atom stereocenters. The number of hydrogen-bond acceptors (Lipinski definition) is 10. The van der Waals surface area contributed by atoms with Crippen molar-refractivity contribution in [3.05, 3.63) is 0 Å². The Kier molecular flexibility index (Phi) is 9.36. The minimum absolute atomic E-state index is 0.284. The van der Waals surface area contributed by atoms with E-state index >= 15 is 0 Å². The van der Waals surface area contributed by atoms with Crippen molar-refractivity contribution in [2.24, 2.45) is 0 Å². The first-order valence-corrected chi connectivity index (χ1v) is 8.67. The van der Waals surface area contributed by atoms with Crippen LogP contribution in [0, 0.1) is 0 Å². The van der Waals surface area contributed by atoms with E-state index in [-0.39, 0.29) is 12.9 Å². The fourth-order valence-electron chi connectivity index (χ4n) is 1.98. The van der Waals surface area contributed by atoms with E-state index in [4.69, 9.17) is 10.2 Å². The van der Waals surface area contributed by atoms with Crippen molar-refractivity contribution in [1.29, 1.82) is 0 Å². The summed E-state index contributed by atoms with van der Waals surface area (Å²) in [4.78, 5) is 75.5. The molecule has 16 nitrogen and oxygen atoms in total. The Morgan fingerprint density at radius 1 is 0.862 bits per heavy atom. The van der Waals surface area contributed by atoms with Crippen LogP contribution < -0.4 is 5.09 Å². The second-order valence-electron chi connectivity index (χ2n) is 5.37. The molecule has 0 aromatic heterocycles. The Morgan fingerprint density at radius 2 is 1.28 bits per heavy atom. The van der Waals surface area contributed by atoms with Crippen LogP contribution in [0.4, 0.5) is 0 Å².